The van der Waals surface area contributed by atoms with Crippen LogP contribution in [0.3, 0.4) is 0 Å². The highest BCUT2D eigenvalue weighted by Gasteiger charge is 2.07. The second-order valence-electron chi connectivity index (χ2n) is 2.49. The van der Waals surface area contributed by atoms with Crippen LogP contribution in [0.25, 0.3) is 0 Å². The molecule has 5 heteroatoms. The summed E-state index contributed by atoms with van der Waals surface area (Å²) in [5.74, 6) is -0.763. The highest BCUT2D eigenvalue weighted by molar-refractivity contribution is 5.89. The average molecular weight is 195 g/mol. The average Bonchev–Trinajstić information content (AvgIpc) is 2.16. The minimum absolute atomic E-state index is 0.223. The molecule has 74 valence electrons. The van der Waals surface area contributed by atoms with E-state index in [1.807, 2.05) is 0 Å². The van der Waals surface area contributed by atoms with Crippen LogP contribution in [0.15, 0.2) is 18.5 Å². The number of carbonyl (C=O) groups is 2. The fourth-order valence-electron chi connectivity index (χ4n) is 0.870. The Morgan fingerprint density at radius 2 is 2.07 bits per heavy atom. The van der Waals surface area contributed by atoms with E-state index in [1.165, 1.54) is 32.5 Å². The molecule has 5 nitrogen and oxygen atoms in total. The normalized spacial score (nSPS) is 9.29. The van der Waals surface area contributed by atoms with E-state index in [0.29, 0.717) is 0 Å². The molecule has 0 saturated heterocycles. The Bertz CT molecular complexity index is 362. The van der Waals surface area contributed by atoms with Gasteiger partial charge in [0.05, 0.1) is 18.9 Å². The number of ether oxygens (including phenoxy) is 2. The van der Waals surface area contributed by atoms with Crippen molar-refractivity contribution in [1.29, 1.82) is 0 Å². The number of hydrogen-bond donors (Lipinski definition) is 0. The molecule has 0 spiro atoms. The third kappa shape index (κ3) is 2.55. The van der Waals surface area contributed by atoms with Crippen molar-refractivity contribution in [3.63, 3.8) is 0 Å². The standard InChI is InChI=1S/C9H9NO4/c1-6(11)14-8-3-7(4-10-5-8)9(12)13-2/h3-5H,1-2H3. The first kappa shape index (κ1) is 10.2. The third-order valence-electron chi connectivity index (χ3n) is 1.40. The van der Waals surface area contributed by atoms with Gasteiger partial charge in [-0.15, -0.1) is 0 Å². The molecule has 0 aliphatic heterocycles. The molecule has 14 heavy (non-hydrogen) atoms. The van der Waals surface area contributed by atoms with E-state index in [2.05, 4.69) is 9.72 Å². The monoisotopic (exact) mass is 195 g/mol. The van der Waals surface area contributed by atoms with Gasteiger partial charge in [-0.25, -0.2) is 4.79 Å². The lowest BCUT2D eigenvalue weighted by Crippen LogP contribution is -2.05. The van der Waals surface area contributed by atoms with Crippen molar-refractivity contribution in [1.82, 2.24) is 4.98 Å². The van der Waals surface area contributed by atoms with E-state index in [-0.39, 0.29) is 11.3 Å². The molecule has 1 aromatic heterocycles. The molecule has 0 fully saturated rings. The Morgan fingerprint density at radius 1 is 1.36 bits per heavy atom. The molecule has 1 aromatic rings. The first-order valence-electron chi connectivity index (χ1n) is 3.85. The summed E-state index contributed by atoms with van der Waals surface area (Å²) in [5.41, 5.74) is 0.242. The maximum absolute atomic E-state index is 11.0. The number of esters is 2. The highest BCUT2D eigenvalue weighted by Crippen LogP contribution is 2.11. The number of methoxy groups -OCH3 is 1. The third-order valence-corrected chi connectivity index (χ3v) is 1.40. The zero-order valence-corrected chi connectivity index (χ0v) is 7.81. The summed E-state index contributed by atoms with van der Waals surface area (Å²) in [6.45, 7) is 1.27. The van der Waals surface area contributed by atoms with Crippen LogP contribution in [0.4, 0.5) is 0 Å². The molecule has 1 rings (SSSR count). The first-order valence-corrected chi connectivity index (χ1v) is 3.85. The van der Waals surface area contributed by atoms with Gasteiger partial charge in [0.25, 0.3) is 0 Å². The lowest BCUT2D eigenvalue weighted by Gasteiger charge is -2.02. The molecule has 0 amide bonds. The first-order chi connectivity index (χ1) is 6.63. The summed E-state index contributed by atoms with van der Waals surface area (Å²) in [6, 6.07) is 1.39. The molecule has 0 aliphatic rings. The molecular weight excluding hydrogens is 186 g/mol. The van der Waals surface area contributed by atoms with Gasteiger partial charge in [0, 0.05) is 13.1 Å². The van der Waals surface area contributed by atoms with Crippen molar-refractivity contribution in [2.75, 3.05) is 7.11 Å². The highest BCUT2D eigenvalue weighted by atomic mass is 16.5. The zero-order valence-electron chi connectivity index (χ0n) is 7.81. The fraction of sp³-hybridized carbons (Fsp3) is 0.222. The largest absolute Gasteiger partial charge is 0.465 e. The lowest BCUT2D eigenvalue weighted by molar-refractivity contribution is -0.131. The van der Waals surface area contributed by atoms with E-state index < -0.39 is 11.9 Å². The summed E-state index contributed by atoms with van der Waals surface area (Å²) >= 11 is 0. The lowest BCUT2D eigenvalue weighted by atomic mass is 10.3. The Morgan fingerprint density at radius 3 is 2.64 bits per heavy atom. The smallest absolute Gasteiger partial charge is 0.339 e. The van der Waals surface area contributed by atoms with Crippen LogP contribution in [0.1, 0.15) is 17.3 Å². The summed E-state index contributed by atoms with van der Waals surface area (Å²) in [6.07, 6.45) is 2.67. The van der Waals surface area contributed by atoms with Gasteiger partial charge in [-0.05, 0) is 6.07 Å². The van der Waals surface area contributed by atoms with Crippen molar-refractivity contribution < 1.29 is 19.1 Å². The maximum atomic E-state index is 11.0. The van der Waals surface area contributed by atoms with Gasteiger partial charge >= 0.3 is 11.9 Å². The summed E-state index contributed by atoms with van der Waals surface area (Å²) in [4.78, 5) is 25.4. The van der Waals surface area contributed by atoms with E-state index >= 15 is 0 Å². The van der Waals surface area contributed by atoms with Crippen LogP contribution in [0.5, 0.6) is 5.75 Å². The molecular formula is C9H9NO4. The molecule has 0 radical (unpaired) electrons. The van der Waals surface area contributed by atoms with Crippen LogP contribution < -0.4 is 4.74 Å². The Hall–Kier alpha value is -1.91. The van der Waals surface area contributed by atoms with Crippen molar-refractivity contribution in [3.05, 3.63) is 24.0 Å². The van der Waals surface area contributed by atoms with E-state index in [4.69, 9.17) is 4.74 Å². The molecule has 0 N–H and O–H groups in total. The number of pyridine rings is 1. The molecule has 0 aromatic carbocycles. The minimum Gasteiger partial charge on any atom is -0.465 e. The number of rotatable bonds is 2. The topological polar surface area (TPSA) is 65.5 Å². The molecule has 0 unspecified atom stereocenters. The van der Waals surface area contributed by atoms with Crippen molar-refractivity contribution in [2.24, 2.45) is 0 Å². The van der Waals surface area contributed by atoms with Crippen LogP contribution in [-0.4, -0.2) is 24.0 Å². The maximum Gasteiger partial charge on any atom is 0.339 e. The zero-order chi connectivity index (χ0) is 10.6. The Balaban J connectivity index is 2.89. The number of aromatic nitrogens is 1. The quantitative estimate of drug-likeness (QED) is 0.653. The van der Waals surface area contributed by atoms with E-state index in [9.17, 15) is 9.59 Å². The predicted molar refractivity (Wildman–Crippen MR) is 46.9 cm³/mol. The van der Waals surface area contributed by atoms with E-state index in [0.717, 1.165) is 0 Å². The van der Waals surface area contributed by atoms with Crippen molar-refractivity contribution in [2.45, 2.75) is 6.92 Å². The van der Waals surface area contributed by atoms with Gasteiger partial charge in [-0.1, -0.05) is 0 Å². The van der Waals surface area contributed by atoms with Gasteiger partial charge in [-0.2, -0.15) is 0 Å². The van der Waals surface area contributed by atoms with Gasteiger partial charge in [0.1, 0.15) is 5.75 Å². The second-order valence-corrected chi connectivity index (χ2v) is 2.49. The van der Waals surface area contributed by atoms with Gasteiger partial charge < -0.3 is 9.47 Å². The van der Waals surface area contributed by atoms with Gasteiger partial charge in [-0.3, -0.25) is 9.78 Å². The van der Waals surface area contributed by atoms with Crippen LogP contribution in [-0.2, 0) is 9.53 Å². The van der Waals surface area contributed by atoms with Crippen LogP contribution >= 0.6 is 0 Å². The molecule has 0 saturated carbocycles. The van der Waals surface area contributed by atoms with Gasteiger partial charge in [0.2, 0.25) is 0 Å². The summed E-state index contributed by atoms with van der Waals surface area (Å²) in [7, 11) is 1.26. The molecule has 0 aliphatic carbocycles. The number of carbonyl (C=O) groups excluding carboxylic acids is 2. The summed E-state index contributed by atoms with van der Waals surface area (Å²) in [5, 5.41) is 0. The van der Waals surface area contributed by atoms with Crippen LogP contribution in [0, 0.1) is 0 Å². The number of hydrogen-bond acceptors (Lipinski definition) is 5. The van der Waals surface area contributed by atoms with Crippen molar-refractivity contribution in [3.8, 4) is 5.75 Å². The Labute approximate surface area is 80.7 Å². The fourth-order valence-corrected chi connectivity index (χ4v) is 0.870. The second kappa shape index (κ2) is 4.36. The van der Waals surface area contributed by atoms with E-state index in [1.54, 1.807) is 0 Å². The van der Waals surface area contributed by atoms with Gasteiger partial charge in [0.15, 0.2) is 0 Å². The SMILES string of the molecule is COC(=O)c1cncc(OC(C)=O)c1. The Kier molecular flexibility index (Phi) is 3.17. The summed E-state index contributed by atoms with van der Waals surface area (Å²) < 4.78 is 9.22. The molecule has 0 atom stereocenters. The molecule has 1 heterocycles. The number of nitrogens with zero attached hydrogens (tertiary/aromatic N) is 1. The predicted octanol–water partition coefficient (Wildman–Crippen LogP) is 0.793. The van der Waals surface area contributed by atoms with Crippen LogP contribution in [0.2, 0.25) is 0 Å². The molecule has 0 bridgehead atoms. The van der Waals surface area contributed by atoms with Crippen molar-refractivity contribution >= 4 is 11.9 Å². The minimum atomic E-state index is -0.522.